The molecule has 14 heavy (non-hydrogen) atoms. The summed E-state index contributed by atoms with van der Waals surface area (Å²) in [5.41, 5.74) is 5.67. The quantitative estimate of drug-likeness (QED) is 0.519. The first-order valence-electron chi connectivity index (χ1n) is 5.65. The highest BCUT2D eigenvalue weighted by molar-refractivity contribution is 5.67. The lowest BCUT2D eigenvalue weighted by molar-refractivity contribution is 0.0963. The molecule has 3 heteroatoms. The molecule has 0 amide bonds. The van der Waals surface area contributed by atoms with E-state index in [1.807, 2.05) is 0 Å². The van der Waals surface area contributed by atoms with Crippen LogP contribution in [0.25, 0.3) is 0 Å². The highest BCUT2D eigenvalue weighted by Crippen LogP contribution is 2.65. The molecule has 4 rings (SSSR count). The first-order chi connectivity index (χ1) is 6.68. The standard InChI is InChI=1S/C11H18N2O/c12-10(13)14-6-11-4-7-1-8(5-11)3-9(11)2-7/h7-9H,1-6H2,(H3,12,13). The van der Waals surface area contributed by atoms with Crippen LogP contribution < -0.4 is 5.73 Å². The Morgan fingerprint density at radius 1 is 1.29 bits per heavy atom. The molecule has 0 spiro atoms. The largest absolute Gasteiger partial charge is 0.465 e. The van der Waals surface area contributed by atoms with Crippen molar-refractivity contribution in [1.82, 2.24) is 0 Å². The molecule has 4 aliphatic rings. The van der Waals surface area contributed by atoms with Crippen LogP contribution >= 0.6 is 0 Å². The zero-order valence-electron chi connectivity index (χ0n) is 8.46. The van der Waals surface area contributed by atoms with Crippen molar-refractivity contribution in [1.29, 1.82) is 5.41 Å². The molecule has 2 atom stereocenters. The summed E-state index contributed by atoms with van der Waals surface area (Å²) in [5.74, 6) is 2.80. The average molecular weight is 194 g/mol. The molecule has 4 aliphatic carbocycles. The highest BCUT2D eigenvalue weighted by Gasteiger charge is 2.57. The van der Waals surface area contributed by atoms with E-state index in [2.05, 4.69) is 0 Å². The van der Waals surface area contributed by atoms with Crippen LogP contribution in [0.5, 0.6) is 0 Å². The van der Waals surface area contributed by atoms with E-state index in [0.717, 1.165) is 17.8 Å². The summed E-state index contributed by atoms with van der Waals surface area (Å²) in [6, 6.07) is -0.106. The third-order valence-electron chi connectivity index (χ3n) is 4.67. The van der Waals surface area contributed by atoms with E-state index in [0.29, 0.717) is 12.0 Å². The first-order valence-corrected chi connectivity index (χ1v) is 5.65. The number of nitrogens with two attached hydrogens (primary N) is 1. The third-order valence-corrected chi connectivity index (χ3v) is 4.67. The first kappa shape index (κ1) is 8.57. The van der Waals surface area contributed by atoms with Crippen LogP contribution in [0.1, 0.15) is 32.1 Å². The number of ether oxygens (including phenoxy) is 1. The minimum absolute atomic E-state index is 0.106. The maximum absolute atomic E-state index is 7.12. The molecule has 3 N–H and O–H groups in total. The Labute approximate surface area is 84.5 Å². The summed E-state index contributed by atoms with van der Waals surface area (Å²) in [4.78, 5) is 0. The van der Waals surface area contributed by atoms with Crippen LogP contribution in [0.15, 0.2) is 0 Å². The zero-order valence-corrected chi connectivity index (χ0v) is 8.46. The molecule has 0 aromatic rings. The van der Waals surface area contributed by atoms with Crippen molar-refractivity contribution in [2.45, 2.75) is 32.1 Å². The van der Waals surface area contributed by atoms with Gasteiger partial charge in [-0.2, -0.15) is 0 Å². The van der Waals surface area contributed by atoms with Gasteiger partial charge in [-0.15, -0.1) is 0 Å². The van der Waals surface area contributed by atoms with Gasteiger partial charge in [0.2, 0.25) is 0 Å². The van der Waals surface area contributed by atoms with Gasteiger partial charge in [0.05, 0.1) is 6.61 Å². The van der Waals surface area contributed by atoms with Gasteiger partial charge in [0, 0.05) is 5.41 Å². The van der Waals surface area contributed by atoms with E-state index in [4.69, 9.17) is 15.9 Å². The van der Waals surface area contributed by atoms with Crippen molar-refractivity contribution in [2.24, 2.45) is 28.9 Å². The zero-order chi connectivity index (χ0) is 9.76. The number of hydrogen-bond donors (Lipinski definition) is 2. The Kier molecular flexibility index (Phi) is 1.62. The summed E-state index contributed by atoms with van der Waals surface area (Å²) in [7, 11) is 0. The summed E-state index contributed by atoms with van der Waals surface area (Å²) < 4.78 is 5.26. The molecule has 0 aromatic heterocycles. The normalized spacial score (nSPS) is 48.4. The van der Waals surface area contributed by atoms with Gasteiger partial charge < -0.3 is 10.5 Å². The van der Waals surface area contributed by atoms with E-state index in [1.165, 1.54) is 32.1 Å². The van der Waals surface area contributed by atoms with Gasteiger partial charge in [-0.3, -0.25) is 5.41 Å². The van der Waals surface area contributed by atoms with Crippen molar-refractivity contribution < 1.29 is 4.74 Å². The van der Waals surface area contributed by atoms with Crippen molar-refractivity contribution in [3.05, 3.63) is 0 Å². The summed E-state index contributed by atoms with van der Waals surface area (Å²) in [5, 5.41) is 7.12. The lowest BCUT2D eigenvalue weighted by Crippen LogP contribution is -2.31. The minimum atomic E-state index is -0.106. The second kappa shape index (κ2) is 2.65. The molecule has 4 fully saturated rings. The summed E-state index contributed by atoms with van der Waals surface area (Å²) >= 11 is 0. The molecule has 0 heterocycles. The number of rotatable bonds is 2. The molecular weight excluding hydrogens is 176 g/mol. The molecule has 2 unspecified atom stereocenters. The van der Waals surface area contributed by atoms with E-state index in [9.17, 15) is 0 Å². The van der Waals surface area contributed by atoms with Crippen LogP contribution in [-0.4, -0.2) is 12.6 Å². The fourth-order valence-electron chi connectivity index (χ4n) is 4.42. The smallest absolute Gasteiger partial charge is 0.279 e. The second-order valence-electron chi connectivity index (χ2n) is 5.56. The Morgan fingerprint density at radius 2 is 1.93 bits per heavy atom. The van der Waals surface area contributed by atoms with Crippen LogP contribution in [0.2, 0.25) is 0 Å². The predicted molar refractivity (Wildman–Crippen MR) is 53.9 cm³/mol. The van der Waals surface area contributed by atoms with E-state index >= 15 is 0 Å². The maximum atomic E-state index is 7.12. The van der Waals surface area contributed by atoms with E-state index in [1.54, 1.807) is 0 Å². The Balaban J connectivity index is 1.74. The van der Waals surface area contributed by atoms with Crippen molar-refractivity contribution >= 4 is 6.02 Å². The molecule has 3 nitrogen and oxygen atoms in total. The van der Waals surface area contributed by atoms with Gasteiger partial charge >= 0.3 is 0 Å². The molecule has 78 valence electrons. The predicted octanol–water partition coefficient (Wildman–Crippen LogP) is 1.72. The SMILES string of the molecule is N=C(N)OCC12CC3CC(CC1C3)C2. The van der Waals surface area contributed by atoms with Crippen LogP contribution in [0.4, 0.5) is 0 Å². The molecule has 0 saturated heterocycles. The van der Waals surface area contributed by atoms with Gasteiger partial charge in [-0.05, 0) is 49.9 Å². The Morgan fingerprint density at radius 3 is 2.50 bits per heavy atom. The fourth-order valence-corrected chi connectivity index (χ4v) is 4.42. The van der Waals surface area contributed by atoms with Gasteiger partial charge in [-0.1, -0.05) is 0 Å². The highest BCUT2D eigenvalue weighted by atomic mass is 16.5. The molecule has 4 bridgehead atoms. The third kappa shape index (κ3) is 1.07. The molecule has 0 aromatic carbocycles. The van der Waals surface area contributed by atoms with Crippen LogP contribution in [-0.2, 0) is 4.74 Å². The fraction of sp³-hybridized carbons (Fsp3) is 0.909. The lowest BCUT2D eigenvalue weighted by Gasteiger charge is -2.32. The molecular formula is C11H18N2O. The molecule has 4 saturated carbocycles. The lowest BCUT2D eigenvalue weighted by atomic mass is 9.76. The number of hydrogen-bond acceptors (Lipinski definition) is 2. The van der Waals surface area contributed by atoms with Gasteiger partial charge in [0.1, 0.15) is 0 Å². The summed E-state index contributed by atoms with van der Waals surface area (Å²) in [6.45, 7) is 0.708. The van der Waals surface area contributed by atoms with Gasteiger partial charge in [0.15, 0.2) is 0 Å². The van der Waals surface area contributed by atoms with Gasteiger partial charge in [0.25, 0.3) is 6.02 Å². The van der Waals surface area contributed by atoms with Crippen LogP contribution in [0.3, 0.4) is 0 Å². The summed E-state index contributed by atoms with van der Waals surface area (Å²) in [6.07, 6.45) is 6.96. The van der Waals surface area contributed by atoms with E-state index < -0.39 is 0 Å². The molecule has 0 radical (unpaired) electrons. The monoisotopic (exact) mass is 194 g/mol. The molecule has 0 aliphatic heterocycles. The second-order valence-corrected chi connectivity index (χ2v) is 5.56. The van der Waals surface area contributed by atoms with E-state index in [-0.39, 0.29) is 6.02 Å². The minimum Gasteiger partial charge on any atom is -0.465 e. The Bertz CT molecular complexity index is 262. The van der Waals surface area contributed by atoms with Crippen molar-refractivity contribution in [3.8, 4) is 0 Å². The van der Waals surface area contributed by atoms with Crippen molar-refractivity contribution in [3.63, 3.8) is 0 Å². The van der Waals surface area contributed by atoms with Gasteiger partial charge in [-0.25, -0.2) is 0 Å². The average Bonchev–Trinajstić information content (AvgIpc) is 2.49. The Hall–Kier alpha value is -0.730. The maximum Gasteiger partial charge on any atom is 0.279 e. The topological polar surface area (TPSA) is 59.1 Å². The number of amidine groups is 1. The van der Waals surface area contributed by atoms with Crippen LogP contribution in [0, 0.1) is 28.6 Å². The van der Waals surface area contributed by atoms with Crippen molar-refractivity contribution in [2.75, 3.05) is 6.61 Å². The number of nitrogens with one attached hydrogen (secondary N) is 1.